The molecule has 3 aliphatic carbocycles. The second kappa shape index (κ2) is 8.69. The van der Waals surface area contributed by atoms with Gasteiger partial charge in [0.15, 0.2) is 12.4 Å². The topological polar surface area (TPSA) is 54.0 Å². The molecule has 39 heavy (non-hydrogen) atoms. The van der Waals surface area contributed by atoms with Crippen molar-refractivity contribution in [1.29, 1.82) is 0 Å². The number of halogens is 3. The number of carbonyl (C=O) groups is 1. The van der Waals surface area contributed by atoms with Gasteiger partial charge in [0.1, 0.15) is 12.4 Å². The highest BCUT2D eigenvalue weighted by Crippen LogP contribution is 2.66. The maximum absolute atomic E-state index is 13.2. The van der Waals surface area contributed by atoms with Gasteiger partial charge >= 0.3 is 12.1 Å². The number of rotatable bonds is 5. The number of benzene rings is 3. The van der Waals surface area contributed by atoms with Crippen molar-refractivity contribution in [3.8, 4) is 5.75 Å². The number of fused-ring (bicyclic) bond motifs is 2. The molecule has 4 bridgehead atoms. The van der Waals surface area contributed by atoms with E-state index in [1.807, 2.05) is 24.3 Å². The lowest BCUT2D eigenvalue weighted by atomic mass is 9.44. The number of alkyl halides is 3. The molecule has 2 saturated heterocycles. The predicted molar refractivity (Wildman–Crippen MR) is 134 cm³/mol. The monoisotopic (exact) mass is 534 g/mol. The smallest absolute Gasteiger partial charge is 0.416 e. The summed E-state index contributed by atoms with van der Waals surface area (Å²) >= 11 is 0. The SMILES string of the molecule is C=CC(=O)O[C@@H]1[C@@H]2OC[C@@H](O2)[C@H]2C3c4ccccc4C(COc4ccc(C(F)(F)F)cc4)(c4ccccc43)[C@@H]12. The van der Waals surface area contributed by atoms with Crippen LogP contribution in [0.4, 0.5) is 13.2 Å². The number of ether oxygens (including phenoxy) is 4. The number of carbonyl (C=O) groups excluding carboxylic acids is 1. The molecule has 5 atom stereocenters. The van der Waals surface area contributed by atoms with Crippen molar-refractivity contribution in [3.05, 3.63) is 113 Å². The number of esters is 1. The zero-order valence-electron chi connectivity index (χ0n) is 20.8. The first-order chi connectivity index (χ1) is 18.8. The second-order valence-electron chi connectivity index (χ2n) is 10.5. The summed E-state index contributed by atoms with van der Waals surface area (Å²) in [6.45, 7) is 4.07. The quantitative estimate of drug-likeness (QED) is 0.315. The average molecular weight is 535 g/mol. The fourth-order valence-electron chi connectivity index (χ4n) is 7.40. The first-order valence-corrected chi connectivity index (χ1v) is 12.9. The van der Waals surface area contributed by atoms with Gasteiger partial charge in [-0.3, -0.25) is 0 Å². The number of hydrogen-bond donors (Lipinski definition) is 0. The molecule has 3 aromatic rings. The van der Waals surface area contributed by atoms with Crippen molar-refractivity contribution >= 4 is 5.97 Å². The lowest BCUT2D eigenvalue weighted by Gasteiger charge is -2.61. The molecule has 0 aromatic heterocycles. The van der Waals surface area contributed by atoms with Crippen LogP contribution < -0.4 is 4.74 Å². The van der Waals surface area contributed by atoms with Gasteiger partial charge in [-0.2, -0.15) is 13.2 Å². The van der Waals surface area contributed by atoms with Gasteiger partial charge in [-0.25, -0.2) is 4.79 Å². The molecule has 0 amide bonds. The molecule has 8 heteroatoms. The first kappa shape index (κ1) is 24.4. The molecule has 200 valence electrons. The van der Waals surface area contributed by atoms with E-state index in [1.165, 1.54) is 12.1 Å². The Balaban J connectivity index is 1.40. The van der Waals surface area contributed by atoms with E-state index in [0.29, 0.717) is 12.4 Å². The maximum Gasteiger partial charge on any atom is 0.416 e. The van der Waals surface area contributed by atoms with Gasteiger partial charge in [-0.15, -0.1) is 0 Å². The van der Waals surface area contributed by atoms with Gasteiger partial charge in [0, 0.05) is 23.8 Å². The Morgan fingerprint density at radius 1 is 1.00 bits per heavy atom. The third-order valence-electron chi connectivity index (χ3n) is 8.77. The Morgan fingerprint density at radius 2 is 1.64 bits per heavy atom. The summed E-state index contributed by atoms with van der Waals surface area (Å²) in [5.41, 5.74) is 2.89. The average Bonchev–Trinajstić information content (AvgIpc) is 3.38. The second-order valence-corrected chi connectivity index (χ2v) is 10.5. The lowest BCUT2D eigenvalue weighted by molar-refractivity contribution is -0.226. The van der Waals surface area contributed by atoms with Gasteiger partial charge in [0.2, 0.25) is 0 Å². The van der Waals surface area contributed by atoms with Crippen LogP contribution in [-0.2, 0) is 30.6 Å². The zero-order valence-corrected chi connectivity index (χ0v) is 20.8. The minimum Gasteiger partial charge on any atom is -0.492 e. The van der Waals surface area contributed by atoms with E-state index in [4.69, 9.17) is 18.9 Å². The summed E-state index contributed by atoms with van der Waals surface area (Å²) in [6.07, 6.45) is -4.99. The lowest BCUT2D eigenvalue weighted by Crippen LogP contribution is -2.65. The molecular weight excluding hydrogens is 509 g/mol. The highest BCUT2D eigenvalue weighted by atomic mass is 19.4. The molecule has 0 saturated carbocycles. The van der Waals surface area contributed by atoms with Crippen LogP contribution in [0, 0.1) is 11.8 Å². The standard InChI is InChI=1S/C31H25F3O5/c1-2-24(35)39-28-27-26(23-15-36-29(28)38-23)25-19-7-3-5-9-21(19)30(27,22-10-6-4-8-20(22)25)16-37-18-13-11-17(12-14-18)31(32,33)34/h2-14,23,25-29H,1,15-16H2/t23-,25?,26+,27-,28+,29-,30?/m1/s1. The van der Waals surface area contributed by atoms with Crippen molar-refractivity contribution in [2.45, 2.75) is 36.0 Å². The molecule has 0 spiro atoms. The Kier molecular flexibility index (Phi) is 5.44. The maximum atomic E-state index is 13.2. The van der Waals surface area contributed by atoms with Gasteiger partial charge in [0.25, 0.3) is 0 Å². The van der Waals surface area contributed by atoms with Crippen LogP contribution in [0.2, 0.25) is 0 Å². The van der Waals surface area contributed by atoms with Crippen molar-refractivity contribution < 1.29 is 36.9 Å². The van der Waals surface area contributed by atoms with Crippen LogP contribution in [0.15, 0.2) is 85.5 Å². The van der Waals surface area contributed by atoms with E-state index in [2.05, 4.69) is 30.8 Å². The minimum atomic E-state index is -4.44. The number of hydrogen-bond acceptors (Lipinski definition) is 5. The molecule has 5 nitrogen and oxygen atoms in total. The molecular formula is C31H25F3O5. The van der Waals surface area contributed by atoms with Crippen molar-refractivity contribution in [2.75, 3.05) is 13.2 Å². The highest BCUT2D eigenvalue weighted by Gasteiger charge is 2.68. The van der Waals surface area contributed by atoms with Gasteiger partial charge in [0.05, 0.1) is 23.7 Å². The Labute approximate surface area is 223 Å². The summed E-state index contributed by atoms with van der Waals surface area (Å²) in [7, 11) is 0. The third kappa shape index (κ3) is 3.51. The Hall–Kier alpha value is -3.62. The molecule has 0 radical (unpaired) electrons. The molecule has 2 fully saturated rings. The van der Waals surface area contributed by atoms with E-state index in [9.17, 15) is 18.0 Å². The van der Waals surface area contributed by atoms with E-state index in [0.717, 1.165) is 40.5 Å². The Bertz CT molecular complexity index is 1400. The van der Waals surface area contributed by atoms with Crippen LogP contribution in [0.1, 0.15) is 33.7 Å². The van der Waals surface area contributed by atoms with Crippen molar-refractivity contribution in [3.63, 3.8) is 0 Å². The van der Waals surface area contributed by atoms with Crippen LogP contribution in [0.3, 0.4) is 0 Å². The minimum absolute atomic E-state index is 0.00655. The molecule has 2 heterocycles. The van der Waals surface area contributed by atoms with Crippen LogP contribution in [0.25, 0.3) is 0 Å². The summed E-state index contributed by atoms with van der Waals surface area (Å²) in [4.78, 5) is 12.5. The summed E-state index contributed by atoms with van der Waals surface area (Å²) in [5.74, 6) is -0.599. The summed E-state index contributed by atoms with van der Waals surface area (Å²) in [6, 6.07) is 21.1. The highest BCUT2D eigenvalue weighted by molar-refractivity contribution is 5.81. The third-order valence-corrected chi connectivity index (χ3v) is 8.77. The van der Waals surface area contributed by atoms with Crippen LogP contribution in [0.5, 0.6) is 5.75 Å². The van der Waals surface area contributed by atoms with Crippen LogP contribution in [-0.4, -0.2) is 37.7 Å². The fourth-order valence-corrected chi connectivity index (χ4v) is 7.40. The van der Waals surface area contributed by atoms with E-state index in [-0.39, 0.29) is 30.5 Å². The normalized spacial score (nSPS) is 31.6. The first-order valence-electron chi connectivity index (χ1n) is 12.9. The van der Waals surface area contributed by atoms with E-state index >= 15 is 0 Å². The van der Waals surface area contributed by atoms with E-state index in [1.54, 1.807) is 0 Å². The van der Waals surface area contributed by atoms with Gasteiger partial charge in [-0.1, -0.05) is 55.1 Å². The molecule has 2 aliphatic heterocycles. The van der Waals surface area contributed by atoms with Crippen molar-refractivity contribution in [2.24, 2.45) is 11.8 Å². The van der Waals surface area contributed by atoms with Gasteiger partial charge < -0.3 is 18.9 Å². The molecule has 0 unspecified atom stereocenters. The van der Waals surface area contributed by atoms with Crippen molar-refractivity contribution in [1.82, 2.24) is 0 Å². The van der Waals surface area contributed by atoms with Gasteiger partial charge in [-0.05, 0) is 46.5 Å². The Morgan fingerprint density at radius 3 is 2.26 bits per heavy atom. The van der Waals surface area contributed by atoms with Crippen LogP contribution >= 0.6 is 0 Å². The summed E-state index contributed by atoms with van der Waals surface area (Å²) in [5, 5.41) is 0. The van der Waals surface area contributed by atoms with E-state index < -0.39 is 35.5 Å². The summed E-state index contributed by atoms with van der Waals surface area (Å²) < 4.78 is 64.1. The molecule has 0 N–H and O–H groups in total. The molecule has 8 rings (SSSR count). The zero-order chi connectivity index (χ0) is 26.9. The molecule has 5 aliphatic rings. The predicted octanol–water partition coefficient (Wildman–Crippen LogP) is 5.61. The fraction of sp³-hybridized carbons (Fsp3) is 0.323. The molecule has 3 aromatic carbocycles. The largest absolute Gasteiger partial charge is 0.492 e.